The first kappa shape index (κ1) is 28.1. The average molecular weight is 579 g/mol. The largest absolute Gasteiger partial charge is 0.497 e. The van der Waals surface area contributed by atoms with Crippen molar-refractivity contribution in [3.63, 3.8) is 0 Å². The van der Waals surface area contributed by atoms with Crippen LogP contribution >= 0.6 is 0 Å². The maximum atomic E-state index is 13.9. The Hall–Kier alpha value is -5.05. The smallest absolute Gasteiger partial charge is 0.252 e. The summed E-state index contributed by atoms with van der Waals surface area (Å²) >= 11 is 0. The fourth-order valence-corrected chi connectivity index (χ4v) is 5.82. The van der Waals surface area contributed by atoms with Crippen molar-refractivity contribution >= 4 is 33.4 Å². The van der Waals surface area contributed by atoms with Crippen LogP contribution in [0.4, 0.5) is 5.82 Å². The van der Waals surface area contributed by atoms with Crippen molar-refractivity contribution in [3.05, 3.63) is 78.5 Å². The molecular weight excluding hydrogens is 544 g/mol. The Bertz CT molecular complexity index is 1790. The number of benzene rings is 3. The van der Waals surface area contributed by atoms with E-state index in [9.17, 15) is 4.79 Å². The lowest BCUT2D eigenvalue weighted by Gasteiger charge is -2.33. The highest BCUT2D eigenvalue weighted by Gasteiger charge is 2.25. The molecule has 1 amide bonds. The van der Waals surface area contributed by atoms with Crippen molar-refractivity contribution in [1.82, 2.24) is 15.3 Å². The minimum Gasteiger partial charge on any atom is -0.497 e. The summed E-state index contributed by atoms with van der Waals surface area (Å²) in [6.07, 6.45) is 3.47. The second-order valence-corrected chi connectivity index (χ2v) is 10.4. The average Bonchev–Trinajstić information content (AvgIpc) is 3.06. The van der Waals surface area contributed by atoms with E-state index >= 15 is 0 Å². The Morgan fingerprint density at radius 2 is 1.63 bits per heavy atom. The van der Waals surface area contributed by atoms with Gasteiger partial charge in [-0.15, -0.1) is 0 Å². The predicted molar refractivity (Wildman–Crippen MR) is 168 cm³/mol. The molecule has 9 heteroatoms. The minimum absolute atomic E-state index is 0.0200. The maximum absolute atomic E-state index is 13.9. The third-order valence-corrected chi connectivity index (χ3v) is 8.02. The van der Waals surface area contributed by atoms with E-state index < -0.39 is 0 Å². The van der Waals surface area contributed by atoms with Crippen LogP contribution in [0.3, 0.4) is 0 Å². The molecule has 6 rings (SSSR count). The van der Waals surface area contributed by atoms with Crippen LogP contribution in [0.2, 0.25) is 0 Å². The first-order valence-electron chi connectivity index (χ1n) is 14.2. The molecule has 0 spiro atoms. The highest BCUT2D eigenvalue weighted by atomic mass is 16.5. The second kappa shape index (κ2) is 12.1. The molecule has 1 aliphatic rings. The molecule has 43 heavy (non-hydrogen) atoms. The zero-order chi connectivity index (χ0) is 29.9. The van der Waals surface area contributed by atoms with E-state index in [0.29, 0.717) is 50.7 Å². The molecule has 220 valence electrons. The summed E-state index contributed by atoms with van der Waals surface area (Å²) in [6, 6.07) is 21.4. The van der Waals surface area contributed by atoms with E-state index in [1.165, 1.54) is 5.39 Å². The van der Waals surface area contributed by atoms with Gasteiger partial charge in [0.2, 0.25) is 5.75 Å². The van der Waals surface area contributed by atoms with Crippen LogP contribution in [0, 0.1) is 0 Å². The van der Waals surface area contributed by atoms with Gasteiger partial charge in [0.1, 0.15) is 11.6 Å². The number of carbonyl (C=O) groups excluding carboxylic acids is 1. The van der Waals surface area contributed by atoms with Crippen molar-refractivity contribution in [1.29, 1.82) is 0 Å². The number of fused-ring (bicyclic) bond motifs is 2. The molecule has 0 saturated carbocycles. The fourth-order valence-electron chi connectivity index (χ4n) is 5.82. The van der Waals surface area contributed by atoms with E-state index in [0.717, 1.165) is 37.1 Å². The van der Waals surface area contributed by atoms with Gasteiger partial charge in [0.05, 0.1) is 45.2 Å². The first-order valence-corrected chi connectivity index (χ1v) is 14.2. The number of carbonyl (C=O) groups is 1. The van der Waals surface area contributed by atoms with Crippen LogP contribution < -0.4 is 29.2 Å². The molecule has 1 saturated heterocycles. The normalized spacial score (nSPS) is 13.6. The molecule has 1 N–H and O–H groups in total. The van der Waals surface area contributed by atoms with Gasteiger partial charge in [0.15, 0.2) is 11.5 Å². The number of pyridine rings is 2. The monoisotopic (exact) mass is 578 g/mol. The highest BCUT2D eigenvalue weighted by Crippen LogP contribution is 2.44. The second-order valence-electron chi connectivity index (χ2n) is 10.4. The van der Waals surface area contributed by atoms with Crippen LogP contribution in [0.5, 0.6) is 23.0 Å². The van der Waals surface area contributed by atoms with Crippen LogP contribution in [0.1, 0.15) is 23.2 Å². The summed E-state index contributed by atoms with van der Waals surface area (Å²) < 4.78 is 22.3. The molecule has 1 aliphatic heterocycles. The lowest BCUT2D eigenvalue weighted by Crippen LogP contribution is -2.45. The number of piperidine rings is 1. The molecule has 0 unspecified atom stereocenters. The fraction of sp³-hybridized carbons (Fsp3) is 0.265. The Kier molecular flexibility index (Phi) is 7.87. The van der Waals surface area contributed by atoms with Gasteiger partial charge in [-0.2, -0.15) is 0 Å². The van der Waals surface area contributed by atoms with E-state index in [-0.39, 0.29) is 11.9 Å². The standard InChI is InChI=1S/C34H34N4O5/c1-40-23-9-11-28-26(19-23)27(20-29(37-28)25-10-12-30(41-2)32(43-4)31(25)42-3)34(39)36-22-14-17-38(18-15-22)33-24-8-6-5-7-21(24)13-16-35-33/h5-13,16,19-20,22H,14-15,17-18H2,1-4H3,(H,36,39). The lowest BCUT2D eigenvalue weighted by molar-refractivity contribution is 0.0932. The summed E-state index contributed by atoms with van der Waals surface area (Å²) in [6.45, 7) is 1.59. The number of anilines is 1. The summed E-state index contributed by atoms with van der Waals surface area (Å²) in [7, 11) is 6.31. The van der Waals surface area contributed by atoms with Gasteiger partial charge in [-0.05, 0) is 60.7 Å². The number of amides is 1. The third-order valence-electron chi connectivity index (χ3n) is 8.02. The summed E-state index contributed by atoms with van der Waals surface area (Å²) in [5.41, 5.74) is 2.44. The number of nitrogens with one attached hydrogen (secondary N) is 1. The van der Waals surface area contributed by atoms with Crippen molar-refractivity contribution in [2.45, 2.75) is 18.9 Å². The van der Waals surface area contributed by atoms with Crippen LogP contribution in [-0.4, -0.2) is 63.4 Å². The molecule has 9 nitrogen and oxygen atoms in total. The number of hydrogen-bond acceptors (Lipinski definition) is 8. The third kappa shape index (κ3) is 5.34. The highest BCUT2D eigenvalue weighted by molar-refractivity contribution is 6.08. The first-order chi connectivity index (χ1) is 21.0. The van der Waals surface area contributed by atoms with E-state index in [1.54, 1.807) is 40.6 Å². The number of rotatable bonds is 8. The van der Waals surface area contributed by atoms with Gasteiger partial charge in [-0.1, -0.05) is 24.3 Å². The number of ether oxygens (including phenoxy) is 4. The number of methoxy groups -OCH3 is 4. The number of hydrogen-bond donors (Lipinski definition) is 1. The van der Waals surface area contributed by atoms with Gasteiger partial charge in [-0.3, -0.25) is 4.79 Å². The lowest BCUT2D eigenvalue weighted by atomic mass is 10.00. The van der Waals surface area contributed by atoms with Crippen molar-refractivity contribution in [3.8, 4) is 34.3 Å². The van der Waals surface area contributed by atoms with Gasteiger partial charge >= 0.3 is 0 Å². The van der Waals surface area contributed by atoms with Gasteiger partial charge < -0.3 is 29.2 Å². The molecule has 5 aromatic rings. The molecular formula is C34H34N4O5. The van der Waals surface area contributed by atoms with Crippen LogP contribution in [0.25, 0.3) is 32.9 Å². The van der Waals surface area contributed by atoms with E-state index in [1.807, 2.05) is 48.7 Å². The molecule has 0 aliphatic carbocycles. The van der Waals surface area contributed by atoms with Crippen LogP contribution in [0.15, 0.2) is 72.9 Å². The van der Waals surface area contributed by atoms with Crippen LogP contribution in [-0.2, 0) is 0 Å². The molecule has 0 bridgehead atoms. The quantitative estimate of drug-likeness (QED) is 0.244. The van der Waals surface area contributed by atoms with Gasteiger partial charge in [0.25, 0.3) is 5.91 Å². The Labute approximate surface area is 250 Å². The molecule has 1 fully saturated rings. The molecule has 3 heterocycles. The molecule has 0 radical (unpaired) electrons. The van der Waals surface area contributed by atoms with E-state index in [4.69, 9.17) is 23.9 Å². The topological polar surface area (TPSA) is 95.0 Å². The number of nitrogens with zero attached hydrogens (tertiary/aromatic N) is 3. The number of aromatic nitrogens is 2. The Balaban J connectivity index is 1.30. The van der Waals surface area contributed by atoms with Gasteiger partial charge in [-0.25, -0.2) is 9.97 Å². The molecule has 3 aromatic carbocycles. The van der Waals surface area contributed by atoms with Crippen molar-refractivity contribution in [2.24, 2.45) is 0 Å². The minimum atomic E-state index is -0.164. The Morgan fingerprint density at radius 3 is 2.37 bits per heavy atom. The summed E-state index contributed by atoms with van der Waals surface area (Å²) in [5, 5.41) is 6.31. The Morgan fingerprint density at radius 1 is 0.837 bits per heavy atom. The van der Waals surface area contributed by atoms with E-state index in [2.05, 4.69) is 27.3 Å². The van der Waals surface area contributed by atoms with Crippen molar-refractivity contribution in [2.75, 3.05) is 46.4 Å². The summed E-state index contributed by atoms with van der Waals surface area (Å²) in [4.78, 5) is 25.8. The SMILES string of the molecule is COc1ccc2nc(-c3ccc(OC)c(OC)c3OC)cc(C(=O)NC3CCN(c4nccc5ccccc45)CC3)c2c1. The predicted octanol–water partition coefficient (Wildman–Crippen LogP) is 5.88. The molecule has 2 aromatic heterocycles. The zero-order valence-electron chi connectivity index (χ0n) is 24.7. The van der Waals surface area contributed by atoms with Crippen molar-refractivity contribution < 1.29 is 23.7 Å². The zero-order valence-corrected chi connectivity index (χ0v) is 24.7. The van der Waals surface area contributed by atoms with Gasteiger partial charge in [0, 0.05) is 41.7 Å². The molecule has 0 atom stereocenters. The maximum Gasteiger partial charge on any atom is 0.252 e. The summed E-state index contributed by atoms with van der Waals surface area (Å²) in [5.74, 6) is 2.94.